The molecule has 0 aliphatic heterocycles. The summed E-state index contributed by atoms with van der Waals surface area (Å²) in [6, 6.07) is 6.22. The van der Waals surface area contributed by atoms with E-state index in [1.165, 1.54) is 24.3 Å². The second kappa shape index (κ2) is 5.45. The molecular weight excluding hydrogens is 210 g/mol. The van der Waals surface area contributed by atoms with E-state index in [1.807, 2.05) is 0 Å². The van der Waals surface area contributed by atoms with Gasteiger partial charge in [0.15, 0.2) is 0 Å². The molecule has 0 aliphatic carbocycles. The van der Waals surface area contributed by atoms with Crippen LogP contribution in [0.15, 0.2) is 42.5 Å². The molecule has 1 rings (SSSR count). The van der Waals surface area contributed by atoms with Crippen LogP contribution in [0.2, 0.25) is 0 Å². The highest BCUT2D eigenvalue weighted by molar-refractivity contribution is 5.80. The first-order valence-corrected chi connectivity index (χ1v) is 4.42. The average Bonchev–Trinajstić information content (AvgIpc) is 2.24. The van der Waals surface area contributed by atoms with Gasteiger partial charge < -0.3 is 5.11 Å². The van der Waals surface area contributed by atoms with E-state index in [-0.39, 0.29) is 5.69 Å². The Bertz CT molecular complexity index is 463. The minimum atomic E-state index is -1.06. The molecule has 1 N–H and O–H groups in total. The summed E-state index contributed by atoms with van der Waals surface area (Å²) in [5.74, 6) is -1.06. The molecule has 5 nitrogen and oxygen atoms in total. The Labute approximate surface area is 91.5 Å². The number of aliphatic carboxylic acids is 1. The Balaban J connectivity index is 2.89. The van der Waals surface area contributed by atoms with E-state index >= 15 is 0 Å². The number of nitro groups is 1. The van der Waals surface area contributed by atoms with Crippen LogP contribution in [0, 0.1) is 10.1 Å². The second-order valence-electron chi connectivity index (χ2n) is 2.87. The Hall–Kier alpha value is -2.43. The lowest BCUT2D eigenvalue weighted by atomic mass is 10.1. The molecule has 0 amide bonds. The Morgan fingerprint density at radius 3 is 2.62 bits per heavy atom. The molecule has 0 unspecified atom stereocenters. The third kappa shape index (κ3) is 3.38. The van der Waals surface area contributed by atoms with Gasteiger partial charge in [-0.05, 0) is 12.1 Å². The first kappa shape index (κ1) is 11.6. The van der Waals surface area contributed by atoms with Crippen LogP contribution in [-0.2, 0) is 4.79 Å². The maximum Gasteiger partial charge on any atom is 0.328 e. The summed E-state index contributed by atoms with van der Waals surface area (Å²) in [5, 5.41) is 18.9. The van der Waals surface area contributed by atoms with Gasteiger partial charge in [0.1, 0.15) is 0 Å². The molecule has 0 fully saturated rings. The van der Waals surface area contributed by atoms with Crippen molar-refractivity contribution in [2.75, 3.05) is 0 Å². The number of allylic oxidation sites excluding steroid dienone is 2. The summed E-state index contributed by atoms with van der Waals surface area (Å²) in [4.78, 5) is 20.3. The molecule has 0 saturated carbocycles. The number of para-hydroxylation sites is 1. The van der Waals surface area contributed by atoms with Gasteiger partial charge in [0, 0.05) is 12.1 Å². The van der Waals surface area contributed by atoms with E-state index in [0.717, 1.165) is 6.08 Å². The molecule has 0 aliphatic rings. The Morgan fingerprint density at radius 2 is 2.00 bits per heavy atom. The van der Waals surface area contributed by atoms with Gasteiger partial charge in [-0.25, -0.2) is 4.79 Å². The van der Waals surface area contributed by atoms with Crippen LogP contribution in [0.4, 0.5) is 5.69 Å². The maximum atomic E-state index is 10.6. The molecule has 82 valence electrons. The number of nitrogens with zero attached hydrogens (tertiary/aromatic N) is 1. The average molecular weight is 219 g/mol. The fraction of sp³-hybridized carbons (Fsp3) is 0. The van der Waals surface area contributed by atoms with Gasteiger partial charge >= 0.3 is 5.97 Å². The molecule has 0 spiro atoms. The van der Waals surface area contributed by atoms with Crippen LogP contribution in [0.25, 0.3) is 6.08 Å². The van der Waals surface area contributed by atoms with Gasteiger partial charge in [0.05, 0.1) is 10.5 Å². The number of hydrogen-bond donors (Lipinski definition) is 1. The van der Waals surface area contributed by atoms with Crippen LogP contribution in [-0.4, -0.2) is 16.0 Å². The van der Waals surface area contributed by atoms with Crippen molar-refractivity contribution in [3.63, 3.8) is 0 Å². The van der Waals surface area contributed by atoms with Crippen LogP contribution < -0.4 is 0 Å². The third-order valence-electron chi connectivity index (χ3n) is 1.76. The lowest BCUT2D eigenvalue weighted by Crippen LogP contribution is -1.90. The standard InChI is InChI=1S/C11H9NO4/c13-11(14)8-4-2-6-9-5-1-3-7-10(9)12(15)16/h1-8H,(H,13,14). The van der Waals surface area contributed by atoms with Crippen molar-refractivity contribution in [3.8, 4) is 0 Å². The van der Waals surface area contributed by atoms with E-state index in [2.05, 4.69) is 0 Å². The molecule has 5 heteroatoms. The van der Waals surface area contributed by atoms with Crippen LogP contribution in [0.5, 0.6) is 0 Å². The molecule has 0 atom stereocenters. The van der Waals surface area contributed by atoms with Crippen molar-refractivity contribution in [3.05, 3.63) is 58.2 Å². The quantitative estimate of drug-likeness (QED) is 0.364. The van der Waals surface area contributed by atoms with Gasteiger partial charge in [-0.3, -0.25) is 10.1 Å². The minimum absolute atomic E-state index is 0.0116. The van der Waals surface area contributed by atoms with Crippen molar-refractivity contribution in [2.24, 2.45) is 0 Å². The van der Waals surface area contributed by atoms with Crippen molar-refractivity contribution in [1.82, 2.24) is 0 Å². The second-order valence-corrected chi connectivity index (χ2v) is 2.87. The largest absolute Gasteiger partial charge is 0.478 e. The summed E-state index contributed by atoms with van der Waals surface area (Å²) in [5.41, 5.74) is 0.421. The fourth-order valence-electron chi connectivity index (χ4n) is 1.09. The van der Waals surface area contributed by atoms with Gasteiger partial charge in [-0.15, -0.1) is 0 Å². The zero-order valence-corrected chi connectivity index (χ0v) is 8.24. The summed E-state index contributed by atoms with van der Waals surface area (Å²) in [6.07, 6.45) is 5.18. The number of nitro benzene ring substituents is 1. The molecule has 0 radical (unpaired) electrons. The molecule has 1 aromatic carbocycles. The summed E-state index contributed by atoms with van der Waals surface area (Å²) < 4.78 is 0. The molecular formula is C11H9NO4. The first-order valence-electron chi connectivity index (χ1n) is 4.42. The topological polar surface area (TPSA) is 80.4 Å². The minimum Gasteiger partial charge on any atom is -0.478 e. The van der Waals surface area contributed by atoms with Gasteiger partial charge in [0.2, 0.25) is 0 Å². The summed E-state index contributed by atoms with van der Waals surface area (Å²) in [7, 11) is 0. The van der Waals surface area contributed by atoms with Crippen molar-refractivity contribution >= 4 is 17.7 Å². The number of benzene rings is 1. The highest BCUT2D eigenvalue weighted by Crippen LogP contribution is 2.18. The van der Waals surface area contributed by atoms with Gasteiger partial charge in [0.25, 0.3) is 5.69 Å². The summed E-state index contributed by atoms with van der Waals surface area (Å²) in [6.45, 7) is 0. The van der Waals surface area contributed by atoms with Crippen molar-refractivity contribution < 1.29 is 14.8 Å². The van der Waals surface area contributed by atoms with E-state index in [9.17, 15) is 14.9 Å². The third-order valence-corrected chi connectivity index (χ3v) is 1.76. The molecule has 1 aromatic rings. The smallest absolute Gasteiger partial charge is 0.328 e. The Morgan fingerprint density at radius 1 is 1.31 bits per heavy atom. The molecule has 0 bridgehead atoms. The summed E-state index contributed by atoms with van der Waals surface area (Å²) >= 11 is 0. The van der Waals surface area contributed by atoms with Crippen LogP contribution in [0.3, 0.4) is 0 Å². The number of rotatable bonds is 4. The maximum absolute atomic E-state index is 10.6. The molecule has 16 heavy (non-hydrogen) atoms. The Kier molecular flexibility index (Phi) is 3.97. The highest BCUT2D eigenvalue weighted by Gasteiger charge is 2.08. The molecule has 0 aromatic heterocycles. The fourth-order valence-corrected chi connectivity index (χ4v) is 1.09. The van der Waals surface area contributed by atoms with E-state index in [1.54, 1.807) is 18.2 Å². The monoisotopic (exact) mass is 219 g/mol. The van der Waals surface area contributed by atoms with E-state index < -0.39 is 10.9 Å². The zero-order chi connectivity index (χ0) is 12.0. The predicted molar refractivity (Wildman–Crippen MR) is 58.9 cm³/mol. The number of carbonyl (C=O) groups is 1. The lowest BCUT2D eigenvalue weighted by molar-refractivity contribution is -0.385. The molecule has 0 heterocycles. The zero-order valence-electron chi connectivity index (χ0n) is 8.24. The van der Waals surface area contributed by atoms with Crippen LogP contribution in [0.1, 0.15) is 5.56 Å². The van der Waals surface area contributed by atoms with Gasteiger partial charge in [-0.2, -0.15) is 0 Å². The van der Waals surface area contributed by atoms with Crippen LogP contribution >= 0.6 is 0 Å². The van der Waals surface area contributed by atoms with Crippen molar-refractivity contribution in [1.29, 1.82) is 0 Å². The SMILES string of the molecule is O=C(O)C=CC=Cc1ccccc1[N+](=O)[O-]. The first-order chi connectivity index (χ1) is 7.61. The molecule has 0 saturated heterocycles. The normalized spacial score (nSPS) is 11.0. The predicted octanol–water partition coefficient (Wildman–Crippen LogP) is 2.25. The van der Waals surface area contributed by atoms with Crippen molar-refractivity contribution in [2.45, 2.75) is 0 Å². The number of carboxylic acid groups (broad SMARTS) is 1. The number of hydrogen-bond acceptors (Lipinski definition) is 3. The highest BCUT2D eigenvalue weighted by atomic mass is 16.6. The van der Waals surface area contributed by atoms with Gasteiger partial charge in [-0.1, -0.05) is 24.3 Å². The number of carboxylic acids is 1. The van der Waals surface area contributed by atoms with E-state index in [0.29, 0.717) is 5.56 Å². The lowest BCUT2D eigenvalue weighted by Gasteiger charge is -1.94. The van der Waals surface area contributed by atoms with E-state index in [4.69, 9.17) is 5.11 Å².